The molecule has 4 saturated heterocycles. The Labute approximate surface area is 455 Å². The second-order valence-electron chi connectivity index (χ2n) is 18.2. The van der Waals surface area contributed by atoms with Crippen molar-refractivity contribution >= 4 is 56.3 Å². The first-order chi connectivity index (χ1) is 36.8. The highest BCUT2D eigenvalue weighted by molar-refractivity contribution is 8.76. The Kier molecular flexibility index (Phi) is 20.6. The number of aromatic nitrogens is 1. The molecule has 0 radical (unpaired) electrons. The van der Waals surface area contributed by atoms with Crippen LogP contribution in [0.4, 0.5) is 5.69 Å². The minimum atomic E-state index is -1.75. The van der Waals surface area contributed by atoms with Crippen molar-refractivity contribution in [2.24, 2.45) is 0 Å². The van der Waals surface area contributed by atoms with Crippen LogP contribution in [0.3, 0.4) is 0 Å². The molecular weight excluding hydrogens is 1070 g/mol. The summed E-state index contributed by atoms with van der Waals surface area (Å²) in [5.41, 5.74) is 2.17. The zero-order valence-electron chi connectivity index (χ0n) is 43.1. The number of fused-ring (bicyclic) bond motifs is 1. The number of methoxy groups -OCH3 is 3. The predicted octanol–water partition coefficient (Wildman–Crippen LogP) is 3.25. The molecule has 14 atom stereocenters. The van der Waals surface area contributed by atoms with Crippen molar-refractivity contribution < 1.29 is 87.2 Å². The van der Waals surface area contributed by atoms with Gasteiger partial charge < -0.3 is 68.4 Å². The third-order valence-corrected chi connectivity index (χ3v) is 16.5. The Hall–Kier alpha value is -5.11. The van der Waals surface area contributed by atoms with Crippen molar-refractivity contribution in [3.05, 3.63) is 80.2 Å². The minimum Gasteiger partial charge on any atom is -0.492 e. The number of aliphatic hydroxyl groups excluding tert-OH is 3. The van der Waals surface area contributed by atoms with Crippen LogP contribution in [0.25, 0.3) is 0 Å². The summed E-state index contributed by atoms with van der Waals surface area (Å²) >= 11 is 0.853. The fraction of sp³-hybridized carbons (Fsp3) is 0.529. The highest BCUT2D eigenvalue weighted by Gasteiger charge is 2.58. The standard InChI is InChI=1S/C51H60N4O19S3/c1-9-10-11-12-13-14-34(39-29(51(5,62)21-33(59)40(39)53-24-56)17-18-75-77-35-16-15-28(22-52-35)55(63)64)70-36-19-31(57)30(23-68-36)54-74-37-20-32(58)47(27(4)69-37)76-48(61)38-25(2)26(3)42(45(67-8)43(38)65-6)71-49-41(60)44(66-7)46-50(72-46)73-49/h11-12,15-17,22,24,27,30-32,34,36-37,41,44,46-47,49-50,54,57-58,60,62H,18-21,23H2,1-8H3,(H,53,56)/b12-11-,29-17+. The van der Waals surface area contributed by atoms with E-state index >= 15 is 0 Å². The number of nitro groups is 1. The molecule has 4 fully saturated rings. The first kappa shape index (κ1) is 59.5. The molecule has 6 N–H and O–H groups in total. The predicted molar refractivity (Wildman–Crippen MR) is 278 cm³/mol. The normalized spacial score (nSPS) is 30.8. The average molecular weight is 1130 g/mol. The summed E-state index contributed by atoms with van der Waals surface area (Å²) in [6.07, 6.45) is -5.16. The Morgan fingerprint density at radius 3 is 2.43 bits per heavy atom. The van der Waals surface area contributed by atoms with E-state index in [1.165, 1.54) is 74.1 Å². The monoisotopic (exact) mass is 1130 g/mol. The first-order valence-electron chi connectivity index (χ1n) is 24.1. The summed E-state index contributed by atoms with van der Waals surface area (Å²) < 4.78 is 52.8. The van der Waals surface area contributed by atoms with Crippen LogP contribution in [0.15, 0.2) is 58.4 Å². The van der Waals surface area contributed by atoms with Gasteiger partial charge in [0.2, 0.25) is 23.6 Å². The maximum atomic E-state index is 14.2. The summed E-state index contributed by atoms with van der Waals surface area (Å²) in [6.45, 7) is 8.03. The van der Waals surface area contributed by atoms with Gasteiger partial charge >= 0.3 is 0 Å². The third kappa shape index (κ3) is 14.0. The van der Waals surface area contributed by atoms with Crippen molar-refractivity contribution in [2.75, 3.05) is 33.7 Å². The molecule has 7 rings (SSSR count). The molecule has 416 valence electrons. The second-order valence-corrected chi connectivity index (χ2v) is 21.7. The molecule has 1 aliphatic carbocycles. The number of epoxide rings is 1. The molecule has 0 saturated carbocycles. The van der Waals surface area contributed by atoms with Crippen LogP contribution in [-0.4, -0.2) is 166 Å². The van der Waals surface area contributed by atoms with Crippen LogP contribution in [0.1, 0.15) is 61.5 Å². The number of amides is 1. The summed E-state index contributed by atoms with van der Waals surface area (Å²) in [4.78, 5) is 60.2. The smallest absolute Gasteiger partial charge is 0.287 e. The molecule has 4 aliphatic heterocycles. The molecule has 1 aromatic carbocycles. The zero-order chi connectivity index (χ0) is 55.7. The van der Waals surface area contributed by atoms with Crippen molar-refractivity contribution in [3.63, 3.8) is 0 Å². The minimum absolute atomic E-state index is 0.0638. The molecule has 1 aromatic heterocycles. The van der Waals surface area contributed by atoms with Crippen LogP contribution in [0, 0.1) is 47.6 Å². The molecule has 0 spiro atoms. The number of nitrogens with one attached hydrogen (secondary N) is 2. The maximum absolute atomic E-state index is 14.2. The summed E-state index contributed by atoms with van der Waals surface area (Å²) in [5.74, 6) is 11.2. The Morgan fingerprint density at radius 2 is 1.78 bits per heavy atom. The van der Waals surface area contributed by atoms with Crippen molar-refractivity contribution in [3.8, 4) is 40.9 Å². The summed E-state index contributed by atoms with van der Waals surface area (Å²) in [5, 5.41) is 58.4. The molecule has 26 heteroatoms. The molecule has 2 aromatic rings. The number of Topliss-reactive ketones (excluding diaryl/α,β-unsaturated/α-hetero) is 1. The second kappa shape index (κ2) is 26.7. The highest BCUT2D eigenvalue weighted by atomic mass is 33.1. The Bertz CT molecular complexity index is 2730. The molecule has 0 bridgehead atoms. The van der Waals surface area contributed by atoms with E-state index in [-0.39, 0.29) is 77.0 Å². The van der Waals surface area contributed by atoms with Crippen molar-refractivity contribution in [2.45, 2.75) is 144 Å². The lowest BCUT2D eigenvalue weighted by Gasteiger charge is -2.40. The number of ether oxygens (including phenoxy) is 9. The van der Waals surface area contributed by atoms with Gasteiger partial charge in [-0.25, -0.2) is 4.98 Å². The number of hydrogen-bond donors (Lipinski definition) is 6. The lowest BCUT2D eigenvalue weighted by molar-refractivity contribution is -0.385. The highest BCUT2D eigenvalue weighted by Crippen LogP contribution is 2.49. The van der Waals surface area contributed by atoms with Crippen LogP contribution in [-0.2, 0) is 42.8 Å². The van der Waals surface area contributed by atoms with E-state index < -0.39 is 101 Å². The van der Waals surface area contributed by atoms with Gasteiger partial charge in [-0.1, -0.05) is 46.4 Å². The largest absolute Gasteiger partial charge is 0.492 e. The Morgan fingerprint density at radius 1 is 1.04 bits per heavy atom. The number of allylic oxidation sites excluding steroid dienone is 3. The van der Waals surface area contributed by atoms with Gasteiger partial charge in [0.05, 0.1) is 72.2 Å². The van der Waals surface area contributed by atoms with E-state index in [0.29, 0.717) is 22.6 Å². The SMILES string of the molecule is CC#C/C=C\C#CC(OC1CC(O)C(NOC2CC(O)C(SC(=O)c3c(C)c(C)c(OC4OC5OC5C(OC)C4O)c(OC)c3OC)C(C)O2)CO1)C1=C(NC=O)C(=O)CC(C)(O)/C1=C/CSSc1ccc([N+](=O)[O-])cn1. The Balaban J connectivity index is 0.989. The number of pyridine rings is 1. The van der Waals surface area contributed by atoms with E-state index in [2.05, 4.69) is 39.5 Å². The number of thioether (sulfide) groups is 1. The molecule has 5 heterocycles. The number of ketones is 1. The van der Waals surface area contributed by atoms with Crippen molar-refractivity contribution in [1.29, 1.82) is 0 Å². The van der Waals surface area contributed by atoms with E-state index in [9.17, 15) is 44.9 Å². The average Bonchev–Trinajstić information content (AvgIpc) is 4.18. The number of carbonyl (C=O) groups excluding carboxylic acids is 3. The molecule has 1 amide bonds. The van der Waals surface area contributed by atoms with E-state index in [0.717, 1.165) is 18.0 Å². The van der Waals surface area contributed by atoms with Gasteiger partial charge in [0.25, 0.3) is 5.69 Å². The number of hydroxylamine groups is 1. The molecule has 5 aliphatic rings. The number of aliphatic hydroxyl groups is 4. The van der Waals surface area contributed by atoms with Gasteiger partial charge in [0, 0.05) is 43.8 Å². The van der Waals surface area contributed by atoms with Gasteiger partial charge in [0.15, 0.2) is 36.2 Å². The molecule has 77 heavy (non-hydrogen) atoms. The van der Waals surface area contributed by atoms with Gasteiger partial charge in [-0.2, -0.15) is 5.48 Å². The number of hydrogen-bond acceptors (Lipinski definition) is 24. The number of carbonyl (C=O) groups is 3. The van der Waals surface area contributed by atoms with E-state index in [1.54, 1.807) is 33.8 Å². The van der Waals surface area contributed by atoms with Crippen LogP contribution in [0.2, 0.25) is 0 Å². The van der Waals surface area contributed by atoms with Crippen LogP contribution >= 0.6 is 33.3 Å². The van der Waals surface area contributed by atoms with Crippen molar-refractivity contribution in [1.82, 2.24) is 15.8 Å². The van der Waals surface area contributed by atoms with Crippen LogP contribution < -0.4 is 25.0 Å². The number of rotatable bonds is 20. The third-order valence-electron chi connectivity index (χ3n) is 13.0. The summed E-state index contributed by atoms with van der Waals surface area (Å²) in [7, 11) is 6.72. The first-order valence-corrected chi connectivity index (χ1v) is 27.3. The molecule has 23 nitrogen and oxygen atoms in total. The van der Waals surface area contributed by atoms with E-state index in [1.807, 2.05) is 0 Å². The van der Waals surface area contributed by atoms with Crippen LogP contribution in [0.5, 0.6) is 17.2 Å². The topological polar surface area (TPSA) is 308 Å². The summed E-state index contributed by atoms with van der Waals surface area (Å²) in [6, 6.07) is 1.99. The fourth-order valence-electron chi connectivity index (χ4n) is 9.00. The lowest BCUT2D eigenvalue weighted by atomic mass is 9.76. The van der Waals surface area contributed by atoms with Gasteiger partial charge in [-0.15, -0.1) is 5.92 Å². The fourth-order valence-corrected chi connectivity index (χ4v) is 11.8. The lowest BCUT2D eigenvalue weighted by Crippen LogP contribution is -2.54. The van der Waals surface area contributed by atoms with Gasteiger partial charge in [-0.05, 0) is 80.3 Å². The van der Waals surface area contributed by atoms with Gasteiger partial charge in [-0.3, -0.25) is 29.3 Å². The van der Waals surface area contributed by atoms with Gasteiger partial charge in [0.1, 0.15) is 35.6 Å². The van der Waals surface area contributed by atoms with E-state index in [4.69, 9.17) is 47.5 Å². The zero-order valence-corrected chi connectivity index (χ0v) is 45.6. The molecule has 14 unspecified atom stereocenters. The quantitative estimate of drug-likeness (QED) is 0.0211. The number of benzene rings is 1. The maximum Gasteiger partial charge on any atom is 0.287 e. The number of nitrogens with zero attached hydrogens (tertiary/aromatic N) is 2. The molecular formula is C51H60N4O19S3.